The van der Waals surface area contributed by atoms with Gasteiger partial charge in [0.25, 0.3) is 0 Å². The summed E-state index contributed by atoms with van der Waals surface area (Å²) in [6.07, 6.45) is 14.3. The number of para-hydroxylation sites is 1. The van der Waals surface area contributed by atoms with Crippen LogP contribution < -0.4 is 4.74 Å². The molecular formula is C72H108Cl10N8O18Pt4. The summed E-state index contributed by atoms with van der Waals surface area (Å²) >= 11 is 7.67. The molecule has 1 unspecified atom stereocenters. The number of aromatic carboxylic acids is 1. The molecule has 0 aliphatic carbocycles. The molecule has 24 N–H and O–H groups in total. The van der Waals surface area contributed by atoms with E-state index in [0.717, 1.165) is 76.2 Å². The standard InChI is InChI=1S/C13H18O2.4C10H12O2.C9H8O4.C8H16O2.C2H2Cl2O2.8ClH.8H2N.4Pt/c1-9(2)8-11-4-6-12(7-5-11)10(3)13(14)15;4*11-10(12)8-4-7-9-5-2-1-3-6-9;1-6(10)13-8-5-3-2-4-7(8)9(11)12;1-2-3-4-5-6-7-8(9)10;3-1(4)2(5)6;;;;;;;;;;;;;;;;;;;;/h4-7,9-10H,8H2,1-3H3,(H,14,15);4*1-3,5-6H,4,7-8H2,(H,11,12);2-5H,1H3,(H,11,12);2-7H2,1H3,(H,9,10);1H,(H,5,6);8*1H;8*1H2;;;;/q;;;;;;;;;;;;;;;;8*-1;4*+4/p-8. The van der Waals surface area contributed by atoms with Crippen molar-refractivity contribution in [3.8, 4) is 5.75 Å². The molecule has 6 aromatic carbocycles. The molecule has 0 aromatic heterocycles. The smallest absolute Gasteiger partial charge is 0.693 e. The Morgan fingerprint density at radius 1 is 0.348 bits per heavy atom. The van der Waals surface area contributed by atoms with Crippen molar-refractivity contribution in [3.05, 3.63) is 258 Å². The number of hydrogen-bond donors (Lipinski definition) is 8. The van der Waals surface area contributed by atoms with Crippen LogP contribution in [0.3, 0.4) is 0 Å². The predicted molar refractivity (Wildman–Crippen MR) is 447 cm³/mol. The van der Waals surface area contributed by atoms with Crippen molar-refractivity contribution in [2.75, 3.05) is 0 Å². The Labute approximate surface area is 736 Å². The van der Waals surface area contributed by atoms with E-state index in [9.17, 15) is 43.2 Å². The Morgan fingerprint density at radius 2 is 0.598 bits per heavy atom. The van der Waals surface area contributed by atoms with E-state index in [1.165, 1.54) is 66.1 Å². The summed E-state index contributed by atoms with van der Waals surface area (Å²) in [5, 5.41) is 67.1. The Bertz CT molecular complexity index is 2900. The summed E-state index contributed by atoms with van der Waals surface area (Å²) in [5.41, 5.74) is 6.95. The fraction of sp³-hybridized carbons (Fsp3) is 0.375. The average Bonchev–Trinajstić information content (AvgIpc) is 0.845. The first-order chi connectivity index (χ1) is 49.3. The summed E-state index contributed by atoms with van der Waals surface area (Å²) in [6, 6.07) is 53.6. The van der Waals surface area contributed by atoms with Crippen molar-refractivity contribution >= 4 is 152 Å². The van der Waals surface area contributed by atoms with Crippen LogP contribution in [-0.2, 0) is 136 Å². The van der Waals surface area contributed by atoms with Crippen LogP contribution in [0.2, 0.25) is 0 Å². The number of carbonyl (C=O) groups excluding carboxylic acids is 1. The molecule has 112 heavy (non-hydrogen) atoms. The van der Waals surface area contributed by atoms with Gasteiger partial charge in [0.2, 0.25) is 4.84 Å². The van der Waals surface area contributed by atoms with E-state index in [1.54, 1.807) is 19.1 Å². The van der Waals surface area contributed by atoms with Crippen LogP contribution in [0.1, 0.15) is 174 Å². The molecule has 0 saturated carbocycles. The second-order valence-corrected chi connectivity index (χ2v) is 35.3. The number of unbranched alkanes of at least 4 members (excludes halogenated alkanes) is 4. The summed E-state index contributed by atoms with van der Waals surface area (Å²) in [7, 11) is 39.0. The van der Waals surface area contributed by atoms with Crippen LogP contribution in [0, 0.1) is 5.92 Å². The zero-order chi connectivity index (χ0) is 80.3. The first-order valence-corrected chi connectivity index (χ1v) is 54.6. The van der Waals surface area contributed by atoms with Crippen molar-refractivity contribution in [1.29, 1.82) is 0 Å². The number of alkyl halides is 2. The van der Waals surface area contributed by atoms with Gasteiger partial charge in [-0.15, -0.1) is 0 Å². The number of rotatable bonds is 29. The largest absolute Gasteiger partial charge is 0.693 e. The summed E-state index contributed by atoms with van der Waals surface area (Å²) in [4.78, 5) is 90.9. The molecule has 0 aliphatic heterocycles. The van der Waals surface area contributed by atoms with Gasteiger partial charge in [-0.3, -0.25) is 33.6 Å². The number of benzene rings is 6. The minimum absolute atomic E-state index is 0. The van der Waals surface area contributed by atoms with Crippen molar-refractivity contribution in [3.63, 3.8) is 0 Å². The minimum Gasteiger partial charge on any atom is -0.693 e. The third kappa shape index (κ3) is 108. The number of aliphatic carboxylic acids is 7. The minimum atomic E-state index is -1.29. The van der Waals surface area contributed by atoms with E-state index in [-0.39, 0.29) is 86.2 Å². The SMILES string of the molecule is CC(=O)Oc1ccccc1C(=O)O.CC(C)Cc1ccc(C(C)C(=O)O)cc1.CCCCCCCC(=O)O.O=C(O)C(Cl)Cl.O=C(O)CCCc1ccccc1.O=C(O)CCCc1ccccc1.O=C(O)CCCc1ccccc1.O=C(O)CCCc1ccccc1.[Cl][Pt+2][Cl].[Cl][Pt+2][Cl].[Cl][Pt+2][Cl].[Cl][Pt+2][Cl].[NH2-].[NH2-].[NH2-].[NH2-].[NH2-].[NH2-].[NH2-].[NH2-]. The molecule has 654 valence electrons. The number of carbonyl (C=O) groups is 9. The van der Waals surface area contributed by atoms with E-state index in [1.807, 2.05) is 146 Å². The first kappa shape index (κ1) is 140. The normalized spacial score (nSPS) is 9.08. The molecule has 0 amide bonds. The number of halogens is 10. The van der Waals surface area contributed by atoms with Gasteiger partial charge >= 0.3 is 195 Å². The van der Waals surface area contributed by atoms with Crippen molar-refractivity contribution in [1.82, 2.24) is 0 Å². The van der Waals surface area contributed by atoms with Gasteiger partial charge in [0.1, 0.15) is 11.3 Å². The molecule has 6 aromatic rings. The third-order valence-electron chi connectivity index (χ3n) is 12.3. The van der Waals surface area contributed by atoms with Crippen LogP contribution in [0.25, 0.3) is 49.2 Å². The van der Waals surface area contributed by atoms with Crippen molar-refractivity contribution in [2.45, 2.75) is 167 Å². The van der Waals surface area contributed by atoms with E-state index in [2.05, 4.69) is 25.5 Å². The Morgan fingerprint density at radius 3 is 0.821 bits per heavy atom. The number of carboxylic acids is 8. The van der Waals surface area contributed by atoms with Crippen LogP contribution >= 0.6 is 98.5 Å². The van der Waals surface area contributed by atoms with E-state index < -0.39 is 130 Å². The second-order valence-electron chi connectivity index (χ2n) is 21.1. The molecule has 6 rings (SSSR count). The number of aryl methyl sites for hydroxylation is 4. The topological polar surface area (TPSA) is 593 Å². The first-order valence-electron chi connectivity index (χ1n) is 31.2. The molecule has 0 aliphatic rings. The third-order valence-corrected chi connectivity index (χ3v) is 12.7. The van der Waals surface area contributed by atoms with E-state index in [0.29, 0.717) is 12.3 Å². The fourth-order valence-corrected chi connectivity index (χ4v) is 7.68. The van der Waals surface area contributed by atoms with Gasteiger partial charge in [0.05, 0.1) is 5.92 Å². The van der Waals surface area contributed by atoms with Crippen LogP contribution in [0.4, 0.5) is 0 Å². The molecule has 0 radical (unpaired) electrons. The van der Waals surface area contributed by atoms with Gasteiger partial charge in [-0.05, 0) is 123 Å². The van der Waals surface area contributed by atoms with Gasteiger partial charge < -0.3 is 94.8 Å². The molecule has 0 fully saturated rings. The molecule has 0 bridgehead atoms. The molecule has 0 spiro atoms. The molecule has 1 atom stereocenters. The van der Waals surface area contributed by atoms with Crippen LogP contribution in [0.5, 0.6) is 5.75 Å². The number of esters is 1. The summed E-state index contributed by atoms with van der Waals surface area (Å²) in [6.45, 7) is 9.43. The number of ether oxygens (including phenoxy) is 1. The maximum absolute atomic E-state index is 10.8. The average molecular weight is 2510 g/mol. The summed E-state index contributed by atoms with van der Waals surface area (Å²) < 4.78 is 4.69. The number of carboxylic acid groups (broad SMARTS) is 8. The monoisotopic (exact) mass is 2500 g/mol. The zero-order valence-corrected chi connectivity index (χ0v) is 78.8. The van der Waals surface area contributed by atoms with Crippen LogP contribution in [0.15, 0.2) is 170 Å². The zero-order valence-electron chi connectivity index (χ0n) is 62.2. The van der Waals surface area contributed by atoms with Gasteiger partial charge in [-0.25, -0.2) is 9.59 Å². The van der Waals surface area contributed by atoms with Gasteiger partial charge in [0, 0.05) is 39.0 Å². The maximum Gasteiger partial charge on any atom is -0.693 e. The van der Waals surface area contributed by atoms with Crippen LogP contribution in [-0.4, -0.2) is 99.4 Å². The predicted octanol–water partition coefficient (Wildman–Crippen LogP) is 27.3. The second kappa shape index (κ2) is 103. The Balaban J connectivity index is -0.0000000796. The van der Waals surface area contributed by atoms with Gasteiger partial charge in [-0.1, -0.05) is 227 Å². The van der Waals surface area contributed by atoms with Gasteiger partial charge in [0.15, 0.2) is 0 Å². The molecule has 0 saturated heterocycles. The fourth-order valence-electron chi connectivity index (χ4n) is 7.68. The maximum atomic E-state index is 10.8. The quantitative estimate of drug-likeness (QED) is 0.00935. The Kier molecular flexibility index (Phi) is 129. The molecule has 0 heterocycles. The summed E-state index contributed by atoms with van der Waals surface area (Å²) in [5.74, 6) is -6.88. The Hall–Kier alpha value is -4.12. The number of hydrogen-bond acceptors (Lipinski definition) is 10. The van der Waals surface area contributed by atoms with Crippen molar-refractivity contribution < 1.29 is 155 Å². The number of nitrogens with two attached hydrogens (primary N) is 8. The molecule has 40 heteroatoms. The van der Waals surface area contributed by atoms with Gasteiger partial charge in [-0.2, -0.15) is 0 Å². The van der Waals surface area contributed by atoms with Crippen molar-refractivity contribution in [2.24, 2.45) is 5.92 Å². The van der Waals surface area contributed by atoms with E-state index in [4.69, 9.17) is 139 Å². The molecular weight excluding hydrogens is 2400 g/mol. The molecule has 26 nitrogen and oxygen atoms in total. The van der Waals surface area contributed by atoms with E-state index >= 15 is 0 Å².